The average Bonchev–Trinajstić information content (AvgIpc) is 2.87. The van der Waals surface area contributed by atoms with E-state index in [1.54, 1.807) is 37.1 Å². The summed E-state index contributed by atoms with van der Waals surface area (Å²) in [6.45, 7) is 2.64. The van der Waals surface area contributed by atoms with Crippen molar-refractivity contribution >= 4 is 23.4 Å². The number of rotatable bonds is 7. The van der Waals surface area contributed by atoms with Crippen LogP contribution in [0.25, 0.3) is 0 Å². The number of carbonyl (C=O) groups excluding carboxylic acids is 3. The Hall–Kier alpha value is -3.39. The molecule has 2 aromatic rings. The van der Waals surface area contributed by atoms with E-state index in [1.807, 2.05) is 30.3 Å². The van der Waals surface area contributed by atoms with Crippen LogP contribution >= 0.6 is 0 Å². The van der Waals surface area contributed by atoms with Gasteiger partial charge >= 0.3 is 0 Å². The van der Waals surface area contributed by atoms with Crippen LogP contribution < -0.4 is 15.4 Å². The fraction of sp³-hybridized carbons (Fsp3) is 0.444. The third-order valence-electron chi connectivity index (χ3n) is 6.61. The summed E-state index contributed by atoms with van der Waals surface area (Å²) in [5.41, 5.74) is 2.17. The predicted molar refractivity (Wildman–Crippen MR) is 132 cm³/mol. The van der Waals surface area contributed by atoms with Gasteiger partial charge in [0.2, 0.25) is 11.8 Å². The molecule has 186 valence electrons. The molecule has 0 bridgehead atoms. The van der Waals surface area contributed by atoms with Crippen LogP contribution in [0, 0.1) is 0 Å². The van der Waals surface area contributed by atoms with E-state index >= 15 is 0 Å². The molecular weight excluding hydrogens is 446 g/mol. The highest BCUT2D eigenvalue weighted by Gasteiger charge is 2.39. The molecule has 0 unspecified atom stereocenters. The van der Waals surface area contributed by atoms with Crippen molar-refractivity contribution in [1.82, 2.24) is 10.2 Å². The molecule has 0 spiro atoms. The molecule has 3 amide bonds. The van der Waals surface area contributed by atoms with E-state index in [0.717, 1.165) is 12.8 Å². The Labute approximate surface area is 206 Å². The van der Waals surface area contributed by atoms with Gasteiger partial charge in [-0.15, -0.1) is 0 Å². The molecule has 2 aliphatic heterocycles. The SMILES string of the molecule is CCC(=O)Nc1ccc2c(c1)C(=O)N(C)[C@H]1CC[C@@H](CC(=O)NCCc3ccccc3)O[C@@H]1CO2. The first kappa shape index (κ1) is 24.7. The summed E-state index contributed by atoms with van der Waals surface area (Å²) in [6.07, 6.45) is 2.29. The van der Waals surface area contributed by atoms with E-state index in [2.05, 4.69) is 10.6 Å². The standard InChI is InChI=1S/C27H33N3O5/c1-3-25(31)29-19-9-12-23-21(15-19)27(33)30(2)22-11-10-20(35-24(22)17-34-23)16-26(32)28-14-13-18-7-5-4-6-8-18/h4-9,12,15,20,22,24H,3,10-11,13-14,16-17H2,1-2H3,(H,28,32)(H,29,31)/t20-,22-,24+/m0/s1. The van der Waals surface area contributed by atoms with Gasteiger partial charge in [-0.2, -0.15) is 0 Å². The first-order chi connectivity index (χ1) is 16.9. The lowest BCUT2D eigenvalue weighted by Gasteiger charge is -2.42. The number of hydrogen-bond acceptors (Lipinski definition) is 5. The Balaban J connectivity index is 1.35. The molecule has 8 nitrogen and oxygen atoms in total. The van der Waals surface area contributed by atoms with Crippen LogP contribution in [0.15, 0.2) is 48.5 Å². The summed E-state index contributed by atoms with van der Waals surface area (Å²) >= 11 is 0. The van der Waals surface area contributed by atoms with Crippen molar-refractivity contribution in [3.05, 3.63) is 59.7 Å². The van der Waals surface area contributed by atoms with Crippen molar-refractivity contribution in [2.24, 2.45) is 0 Å². The van der Waals surface area contributed by atoms with Gasteiger partial charge in [-0.1, -0.05) is 37.3 Å². The summed E-state index contributed by atoms with van der Waals surface area (Å²) in [5, 5.41) is 5.77. The molecule has 0 saturated carbocycles. The molecule has 2 aromatic carbocycles. The quantitative estimate of drug-likeness (QED) is 0.636. The van der Waals surface area contributed by atoms with Crippen LogP contribution in [0.4, 0.5) is 5.69 Å². The molecule has 3 atom stereocenters. The van der Waals surface area contributed by atoms with Gasteiger partial charge in [0.15, 0.2) is 0 Å². The third-order valence-corrected chi connectivity index (χ3v) is 6.61. The van der Waals surface area contributed by atoms with Gasteiger partial charge in [-0.3, -0.25) is 14.4 Å². The lowest BCUT2D eigenvalue weighted by atomic mass is 9.94. The van der Waals surface area contributed by atoms with Crippen LogP contribution in [-0.4, -0.2) is 61.1 Å². The van der Waals surface area contributed by atoms with E-state index in [4.69, 9.17) is 9.47 Å². The number of likely N-dealkylation sites (N-methyl/N-ethyl adjacent to an activating group) is 1. The van der Waals surface area contributed by atoms with Gasteiger partial charge in [-0.05, 0) is 43.0 Å². The number of amides is 3. The molecule has 0 aliphatic carbocycles. The van der Waals surface area contributed by atoms with E-state index in [-0.39, 0.29) is 49.0 Å². The van der Waals surface area contributed by atoms with E-state index in [1.165, 1.54) is 5.56 Å². The molecule has 1 saturated heterocycles. The Bertz CT molecular complexity index is 1060. The van der Waals surface area contributed by atoms with Gasteiger partial charge in [0.05, 0.1) is 24.1 Å². The highest BCUT2D eigenvalue weighted by Crippen LogP contribution is 2.32. The maximum Gasteiger partial charge on any atom is 0.257 e. The van der Waals surface area contributed by atoms with Crippen LogP contribution in [0.5, 0.6) is 5.75 Å². The number of benzene rings is 2. The monoisotopic (exact) mass is 479 g/mol. The number of hydrogen-bond donors (Lipinski definition) is 2. The largest absolute Gasteiger partial charge is 0.490 e. The molecule has 35 heavy (non-hydrogen) atoms. The summed E-state index contributed by atoms with van der Waals surface area (Å²) < 4.78 is 12.2. The molecule has 2 aliphatic rings. The number of anilines is 1. The van der Waals surface area contributed by atoms with Crippen LogP contribution in [-0.2, 0) is 20.7 Å². The Morgan fingerprint density at radius 1 is 1.09 bits per heavy atom. The van der Waals surface area contributed by atoms with Gasteiger partial charge in [0.1, 0.15) is 18.5 Å². The van der Waals surface area contributed by atoms with Crippen molar-refractivity contribution in [3.63, 3.8) is 0 Å². The fourth-order valence-corrected chi connectivity index (χ4v) is 4.62. The highest BCUT2D eigenvalue weighted by molar-refractivity contribution is 5.99. The first-order valence-corrected chi connectivity index (χ1v) is 12.2. The van der Waals surface area contributed by atoms with Gasteiger partial charge in [0.25, 0.3) is 5.91 Å². The normalized spacial score (nSPS) is 21.6. The second kappa shape index (κ2) is 11.4. The summed E-state index contributed by atoms with van der Waals surface area (Å²) in [6, 6.07) is 15.0. The van der Waals surface area contributed by atoms with Crippen molar-refractivity contribution in [2.75, 3.05) is 25.5 Å². The maximum atomic E-state index is 13.3. The number of nitrogens with zero attached hydrogens (tertiary/aromatic N) is 1. The molecule has 0 aromatic heterocycles. The third kappa shape index (κ3) is 6.19. The molecule has 1 fully saturated rings. The summed E-state index contributed by atoms with van der Waals surface area (Å²) in [5.74, 6) is 0.128. The van der Waals surface area contributed by atoms with Crippen molar-refractivity contribution in [2.45, 2.75) is 57.3 Å². The molecule has 2 heterocycles. The fourth-order valence-electron chi connectivity index (χ4n) is 4.62. The van der Waals surface area contributed by atoms with E-state index in [9.17, 15) is 14.4 Å². The minimum atomic E-state index is -0.326. The first-order valence-electron chi connectivity index (χ1n) is 12.2. The maximum absolute atomic E-state index is 13.3. The topological polar surface area (TPSA) is 97.0 Å². The lowest BCUT2D eigenvalue weighted by Crippen LogP contribution is -2.54. The predicted octanol–water partition coefficient (Wildman–Crippen LogP) is 3.16. The number of nitrogens with one attached hydrogen (secondary N) is 2. The van der Waals surface area contributed by atoms with Crippen molar-refractivity contribution < 1.29 is 23.9 Å². The van der Waals surface area contributed by atoms with Gasteiger partial charge < -0.3 is 25.0 Å². The zero-order valence-corrected chi connectivity index (χ0v) is 20.3. The lowest BCUT2D eigenvalue weighted by molar-refractivity contribution is -0.134. The molecular formula is C27H33N3O5. The smallest absolute Gasteiger partial charge is 0.257 e. The molecule has 8 heteroatoms. The number of ether oxygens (including phenoxy) is 2. The molecule has 4 rings (SSSR count). The van der Waals surface area contributed by atoms with Gasteiger partial charge in [0, 0.05) is 25.7 Å². The minimum Gasteiger partial charge on any atom is -0.490 e. The minimum absolute atomic E-state index is 0.0347. The summed E-state index contributed by atoms with van der Waals surface area (Å²) in [7, 11) is 1.77. The highest BCUT2D eigenvalue weighted by atomic mass is 16.5. The Morgan fingerprint density at radius 3 is 2.66 bits per heavy atom. The van der Waals surface area contributed by atoms with Crippen molar-refractivity contribution in [1.29, 1.82) is 0 Å². The van der Waals surface area contributed by atoms with Crippen LogP contribution in [0.3, 0.4) is 0 Å². The summed E-state index contributed by atoms with van der Waals surface area (Å²) in [4.78, 5) is 39.2. The Morgan fingerprint density at radius 2 is 1.89 bits per heavy atom. The zero-order valence-electron chi connectivity index (χ0n) is 20.3. The zero-order chi connectivity index (χ0) is 24.8. The number of carbonyl (C=O) groups is 3. The van der Waals surface area contributed by atoms with Crippen molar-refractivity contribution in [3.8, 4) is 5.75 Å². The second-order valence-corrected chi connectivity index (χ2v) is 9.07. The van der Waals surface area contributed by atoms with E-state index < -0.39 is 0 Å². The van der Waals surface area contributed by atoms with E-state index in [0.29, 0.717) is 36.4 Å². The van der Waals surface area contributed by atoms with Crippen LogP contribution in [0.1, 0.15) is 48.5 Å². The molecule has 0 radical (unpaired) electrons. The van der Waals surface area contributed by atoms with Crippen LogP contribution in [0.2, 0.25) is 0 Å². The Kier molecular flexibility index (Phi) is 8.02. The van der Waals surface area contributed by atoms with Gasteiger partial charge in [-0.25, -0.2) is 0 Å². The second-order valence-electron chi connectivity index (χ2n) is 9.07. The number of fused-ring (bicyclic) bond motifs is 2. The molecule has 2 N–H and O–H groups in total. The average molecular weight is 480 g/mol.